The van der Waals surface area contributed by atoms with Crippen molar-refractivity contribution in [3.63, 3.8) is 0 Å². The Morgan fingerprint density at radius 2 is 1.29 bits per heavy atom. The molecule has 0 bridgehead atoms. The zero-order chi connectivity index (χ0) is 44.3. The monoisotopic (exact) mass is 958 g/mol. The summed E-state index contributed by atoms with van der Waals surface area (Å²) >= 11 is 0. The van der Waals surface area contributed by atoms with Gasteiger partial charge in [-0.05, 0) is 126 Å². The van der Waals surface area contributed by atoms with Crippen molar-refractivity contribution in [3.8, 4) is 41.0 Å². The number of carbonyl (C=O) groups is 1. The molecule has 3 fully saturated rings. The average molecular weight is 960 g/mol. The predicted octanol–water partition coefficient (Wildman–Crippen LogP) is 6.58. The summed E-state index contributed by atoms with van der Waals surface area (Å²) in [7, 11) is 0. The molecule has 66 heavy (non-hydrogen) atoms. The second kappa shape index (κ2) is 22.0. The number of aliphatic hydroxyl groups is 1. The van der Waals surface area contributed by atoms with Gasteiger partial charge in [0.05, 0.1) is 44.7 Å². The number of nitrogens with zero attached hydrogens (tertiary/aromatic N) is 6. The van der Waals surface area contributed by atoms with Crippen LogP contribution in [0.15, 0.2) is 82.1 Å². The van der Waals surface area contributed by atoms with Crippen molar-refractivity contribution in [2.75, 3.05) is 13.2 Å². The van der Waals surface area contributed by atoms with Crippen LogP contribution in [-0.4, -0.2) is 87.4 Å². The summed E-state index contributed by atoms with van der Waals surface area (Å²) in [5, 5.41) is 19.7. The van der Waals surface area contributed by atoms with Crippen LogP contribution >= 0.6 is 0 Å². The van der Waals surface area contributed by atoms with Crippen LogP contribution in [0.2, 0.25) is 0 Å². The molecule has 11 rings (SSSR count). The van der Waals surface area contributed by atoms with E-state index in [1.807, 2.05) is 58.0 Å². The Morgan fingerprint density at radius 3 is 1.73 bits per heavy atom. The van der Waals surface area contributed by atoms with Gasteiger partial charge < -0.3 is 58.7 Å². The number of aryl methyl sites for hydroxylation is 4. The van der Waals surface area contributed by atoms with Crippen molar-refractivity contribution in [3.05, 3.63) is 137 Å². The molecule has 1 atom stereocenters. The van der Waals surface area contributed by atoms with Crippen LogP contribution in [0.4, 0.5) is 0 Å². The Labute approximate surface area is 411 Å². The van der Waals surface area contributed by atoms with E-state index in [0.717, 1.165) is 101 Å². The van der Waals surface area contributed by atoms with E-state index in [1.165, 1.54) is 12.8 Å². The smallest absolute Gasteiger partial charge is 1.00 e. The Balaban J connectivity index is 0.000000208. The molecule has 334 valence electrons. The van der Waals surface area contributed by atoms with Gasteiger partial charge in [0.1, 0.15) is 28.9 Å². The molecule has 6 aromatic heterocycles. The normalized spacial score (nSPS) is 14.6. The molecule has 1 unspecified atom stereocenters. The van der Waals surface area contributed by atoms with E-state index in [4.69, 9.17) is 36.6 Å². The number of ether oxygens (including phenoxy) is 1. The van der Waals surface area contributed by atoms with Gasteiger partial charge in [0, 0.05) is 54.1 Å². The minimum absolute atomic E-state index is 0. The minimum Gasteiger partial charge on any atom is -1.00 e. The Hall–Kier alpha value is -5.94. The predicted molar refractivity (Wildman–Crippen MR) is 251 cm³/mol. The van der Waals surface area contributed by atoms with Crippen molar-refractivity contribution in [2.24, 2.45) is 0 Å². The van der Waals surface area contributed by atoms with Gasteiger partial charge in [0.15, 0.2) is 5.60 Å². The summed E-state index contributed by atoms with van der Waals surface area (Å²) in [5.74, 6) is 6.64. The quantitative estimate of drug-likeness (QED) is 0.0648. The van der Waals surface area contributed by atoms with E-state index >= 15 is 0 Å². The number of rotatable bonds is 8. The van der Waals surface area contributed by atoms with Gasteiger partial charge >= 0.3 is 23.1 Å². The van der Waals surface area contributed by atoms with Crippen molar-refractivity contribution in [1.29, 1.82) is 0 Å². The molecule has 1 saturated heterocycles. The largest absolute Gasteiger partial charge is 2.00 e. The van der Waals surface area contributed by atoms with Gasteiger partial charge in [-0.3, -0.25) is 14.8 Å². The van der Waals surface area contributed by atoms with E-state index in [1.54, 1.807) is 42.7 Å². The number of imidazole rings is 2. The van der Waals surface area contributed by atoms with E-state index in [9.17, 15) is 9.90 Å². The first-order valence-electron chi connectivity index (χ1n) is 21.0. The average Bonchev–Trinajstić information content (AvgIpc) is 4.04. The third-order valence-corrected chi connectivity index (χ3v) is 11.4. The number of halogens is 1. The fraction of sp³-hybridized carbons (Fsp3) is 0.314. The molecule has 0 amide bonds. The van der Waals surface area contributed by atoms with Crippen LogP contribution in [0.25, 0.3) is 44.3 Å². The number of aromatic amines is 2. The van der Waals surface area contributed by atoms with Gasteiger partial charge in [-0.15, -0.1) is 6.42 Å². The van der Waals surface area contributed by atoms with Gasteiger partial charge in [-0.2, -0.15) is 0 Å². The third-order valence-electron chi connectivity index (χ3n) is 11.4. The molecule has 2 aromatic carbocycles. The topological polar surface area (TPSA) is 182 Å². The van der Waals surface area contributed by atoms with Crippen LogP contribution in [0.3, 0.4) is 0 Å². The summed E-state index contributed by atoms with van der Waals surface area (Å²) in [6.07, 6.45) is 25.2. The number of hydrogen-bond donors (Lipinski definition) is 3. The molecule has 7 heterocycles. The second-order valence-corrected chi connectivity index (χ2v) is 16.0. The van der Waals surface area contributed by atoms with Gasteiger partial charge in [0.2, 0.25) is 5.78 Å². The van der Waals surface area contributed by atoms with E-state index in [0.29, 0.717) is 51.1 Å². The second-order valence-electron chi connectivity index (χ2n) is 16.0. The molecule has 2 saturated carbocycles. The molecule has 3 aliphatic rings. The van der Waals surface area contributed by atoms with Gasteiger partial charge in [0.25, 0.3) is 0 Å². The number of terminal acetylenes is 2. The molecule has 0 radical (unpaired) electrons. The fourth-order valence-corrected chi connectivity index (χ4v) is 7.91. The molecule has 1 aliphatic heterocycles. The van der Waals surface area contributed by atoms with E-state index in [2.05, 4.69) is 42.6 Å². The number of H-pyrrole nitrogens is 2. The van der Waals surface area contributed by atoms with Crippen LogP contribution in [0.1, 0.15) is 120 Å². The number of carbonyl (C=O) groups excluding carboxylic acids is 1. The SMILES string of the molecule is C.C#CC(O)(c1ccccn1)c1cc(-c2c(C)noc2C)cc2[nH]c(C3CC3)nc12.C1CCOC1.Cc1noc(C)c1-c1cc(C(=O)c2ccccn2)c2nc(C3CC3)[nH]c2c1.[Br-].[C-]#C.[Mg+2]. The van der Waals surface area contributed by atoms with Crippen molar-refractivity contribution >= 4 is 50.9 Å². The maximum Gasteiger partial charge on any atom is 2.00 e. The van der Waals surface area contributed by atoms with Crippen LogP contribution in [-0.2, 0) is 10.3 Å². The Bertz CT molecular complexity index is 2930. The van der Waals surface area contributed by atoms with Crippen LogP contribution in [0.5, 0.6) is 0 Å². The Morgan fingerprint density at radius 1 is 0.773 bits per heavy atom. The Kier molecular flexibility index (Phi) is 17.0. The number of aromatic nitrogens is 8. The standard InChI is InChI=1S/C23H20N4O2.C21H18N4O2.C4H8O.C2H.CH4.BrH.Mg/c1-4-23(28,19-7-5-6-10-24-19)17-11-16(20-13(2)27-29-14(20)3)12-18-21(17)26-22(25-18)15-8-9-15;1-11-18(12(2)27-25-11)14-9-15(20(26)16-5-3-4-8-22-16)19-17(10-14)23-21(24-19)13-6-7-13;1-2-4-5-3-1;1-2;;;/h1,5-7,10-12,15,28H,8-9H2,2-3H3,(H,25,26);3-5,8-10,13H,6-7H2,1-2H3,(H,23,24);1-4H2;1H;1H4;1H;/q;;;-1;;;+2/p-1. The van der Waals surface area contributed by atoms with Crippen LogP contribution in [0, 0.1) is 52.9 Å². The summed E-state index contributed by atoms with van der Waals surface area (Å²) in [5.41, 5.74) is 8.30. The molecule has 3 N–H and O–H groups in total. The fourth-order valence-electron chi connectivity index (χ4n) is 7.91. The van der Waals surface area contributed by atoms with Crippen molar-refractivity contribution < 1.29 is 40.7 Å². The summed E-state index contributed by atoms with van der Waals surface area (Å²) in [4.78, 5) is 38.1. The molecule has 8 aromatic rings. The minimum atomic E-state index is -1.72. The van der Waals surface area contributed by atoms with E-state index < -0.39 is 5.60 Å². The van der Waals surface area contributed by atoms with E-state index in [-0.39, 0.29) is 53.2 Å². The summed E-state index contributed by atoms with van der Waals surface area (Å²) < 4.78 is 15.6. The molecular weight excluding hydrogens is 909 g/mol. The van der Waals surface area contributed by atoms with Gasteiger partial charge in [-0.1, -0.05) is 35.8 Å². The zero-order valence-corrected chi connectivity index (χ0v) is 39.7. The molecule has 15 heteroatoms. The number of ketones is 1. The number of fused-ring (bicyclic) bond motifs is 2. The van der Waals surface area contributed by atoms with Crippen molar-refractivity contribution in [1.82, 2.24) is 40.2 Å². The first kappa shape index (κ1) is 51.0. The first-order chi connectivity index (χ1) is 30.6. The first-order valence-corrected chi connectivity index (χ1v) is 21.0. The number of nitrogens with one attached hydrogen (secondary N) is 2. The van der Waals surface area contributed by atoms with Gasteiger partial charge in [-0.25, -0.2) is 9.97 Å². The summed E-state index contributed by atoms with van der Waals surface area (Å²) in [6.45, 7) is 9.54. The van der Waals surface area contributed by atoms with Crippen LogP contribution < -0.4 is 17.0 Å². The molecule has 13 nitrogen and oxygen atoms in total. The number of benzene rings is 2. The van der Waals surface area contributed by atoms with Crippen molar-refractivity contribution in [2.45, 2.75) is 91.1 Å². The maximum atomic E-state index is 13.2. The zero-order valence-electron chi connectivity index (χ0n) is 36.7. The number of pyridine rings is 2. The molecule has 0 spiro atoms. The molecule has 2 aliphatic carbocycles. The molecular formula is C51H51BrMgN8O5. The summed E-state index contributed by atoms with van der Waals surface area (Å²) in [6, 6.07) is 18.5. The number of hydrogen-bond acceptors (Lipinski definition) is 11. The third kappa shape index (κ3) is 10.5. The maximum absolute atomic E-state index is 13.2.